The first-order valence-electron chi connectivity index (χ1n) is 11.8. The number of amides is 2. The SMILES string of the molecule is COc1ccc(C2=C(N3CC(C)CC(C)C3)C(=O)N(CCCN3CCOCC3)C2=O)cc1. The number of likely N-dealkylation sites (tertiary alicyclic amines) is 1. The summed E-state index contributed by atoms with van der Waals surface area (Å²) in [6.07, 6.45) is 1.92. The first kappa shape index (κ1) is 22.8. The van der Waals surface area contributed by atoms with Gasteiger partial charge in [0.25, 0.3) is 11.8 Å². The number of nitrogens with zero attached hydrogens (tertiary/aromatic N) is 3. The van der Waals surface area contributed by atoms with Crippen LogP contribution in [-0.2, 0) is 14.3 Å². The maximum absolute atomic E-state index is 13.6. The second-order valence-corrected chi connectivity index (χ2v) is 9.37. The molecule has 2 unspecified atom stereocenters. The Morgan fingerprint density at radius 1 is 0.969 bits per heavy atom. The number of ether oxygens (including phenoxy) is 2. The van der Waals surface area contributed by atoms with Gasteiger partial charge >= 0.3 is 0 Å². The van der Waals surface area contributed by atoms with E-state index in [0.29, 0.717) is 29.7 Å². The lowest BCUT2D eigenvalue weighted by atomic mass is 9.91. The van der Waals surface area contributed by atoms with Gasteiger partial charge in [0.1, 0.15) is 11.4 Å². The lowest BCUT2D eigenvalue weighted by Gasteiger charge is -2.37. The van der Waals surface area contributed by atoms with E-state index in [1.807, 2.05) is 24.3 Å². The standard InChI is InChI=1S/C25H35N3O4/c1-18-15-19(2)17-27(16-18)23-22(20-5-7-21(31-3)8-6-20)24(29)28(25(23)30)10-4-9-26-11-13-32-14-12-26/h5-8,18-19H,4,9-17H2,1-3H3. The molecule has 2 amide bonds. The highest BCUT2D eigenvalue weighted by molar-refractivity contribution is 6.35. The zero-order chi connectivity index (χ0) is 22.7. The van der Waals surface area contributed by atoms with E-state index in [0.717, 1.165) is 70.1 Å². The molecule has 0 radical (unpaired) electrons. The van der Waals surface area contributed by atoms with Gasteiger partial charge in [-0.3, -0.25) is 19.4 Å². The fourth-order valence-corrected chi connectivity index (χ4v) is 5.20. The smallest absolute Gasteiger partial charge is 0.277 e. The number of carbonyl (C=O) groups excluding carboxylic acids is 2. The Kier molecular flexibility index (Phi) is 7.16. The van der Waals surface area contributed by atoms with Gasteiger partial charge in [-0.05, 0) is 42.4 Å². The van der Waals surface area contributed by atoms with Crippen LogP contribution in [0.1, 0.15) is 32.3 Å². The van der Waals surface area contributed by atoms with Crippen molar-refractivity contribution < 1.29 is 19.1 Å². The van der Waals surface area contributed by atoms with Crippen molar-refractivity contribution in [2.45, 2.75) is 26.7 Å². The highest BCUT2D eigenvalue weighted by atomic mass is 16.5. The van der Waals surface area contributed by atoms with Crippen LogP contribution in [0.25, 0.3) is 5.57 Å². The van der Waals surface area contributed by atoms with E-state index in [9.17, 15) is 9.59 Å². The van der Waals surface area contributed by atoms with Gasteiger partial charge in [0.15, 0.2) is 0 Å². The van der Waals surface area contributed by atoms with Gasteiger partial charge in [0, 0.05) is 39.3 Å². The molecule has 7 nitrogen and oxygen atoms in total. The summed E-state index contributed by atoms with van der Waals surface area (Å²) in [5, 5.41) is 0. The van der Waals surface area contributed by atoms with Crippen LogP contribution in [0, 0.1) is 11.8 Å². The average molecular weight is 442 g/mol. The first-order valence-corrected chi connectivity index (χ1v) is 11.8. The third-order valence-corrected chi connectivity index (χ3v) is 6.67. The van der Waals surface area contributed by atoms with E-state index < -0.39 is 0 Å². The number of imide groups is 1. The Labute approximate surface area is 190 Å². The average Bonchev–Trinajstić information content (AvgIpc) is 3.04. The number of carbonyl (C=O) groups is 2. The van der Waals surface area contributed by atoms with Crippen LogP contribution in [0.15, 0.2) is 30.0 Å². The van der Waals surface area contributed by atoms with E-state index in [-0.39, 0.29) is 11.8 Å². The Morgan fingerprint density at radius 3 is 2.25 bits per heavy atom. The summed E-state index contributed by atoms with van der Waals surface area (Å²) in [6.45, 7) is 10.7. The molecule has 7 heteroatoms. The molecule has 2 atom stereocenters. The summed E-state index contributed by atoms with van der Waals surface area (Å²) in [6, 6.07) is 7.46. The molecule has 2 fully saturated rings. The molecule has 3 heterocycles. The summed E-state index contributed by atoms with van der Waals surface area (Å²) in [5.74, 6) is 1.38. The number of piperidine rings is 1. The molecule has 0 spiro atoms. The molecule has 3 aliphatic rings. The van der Waals surface area contributed by atoms with E-state index in [1.165, 1.54) is 4.90 Å². The molecule has 0 N–H and O–H groups in total. The van der Waals surface area contributed by atoms with Gasteiger partial charge in [-0.25, -0.2) is 0 Å². The van der Waals surface area contributed by atoms with Gasteiger partial charge in [-0.15, -0.1) is 0 Å². The van der Waals surface area contributed by atoms with E-state index >= 15 is 0 Å². The molecule has 32 heavy (non-hydrogen) atoms. The number of hydrogen-bond donors (Lipinski definition) is 0. The lowest BCUT2D eigenvalue weighted by molar-refractivity contribution is -0.137. The number of methoxy groups -OCH3 is 1. The molecule has 3 aliphatic heterocycles. The van der Waals surface area contributed by atoms with Crippen LogP contribution in [0.4, 0.5) is 0 Å². The van der Waals surface area contributed by atoms with Gasteiger partial charge in [-0.2, -0.15) is 0 Å². The Balaban J connectivity index is 1.57. The van der Waals surface area contributed by atoms with Crippen LogP contribution in [0.2, 0.25) is 0 Å². The fraction of sp³-hybridized carbons (Fsp3) is 0.600. The molecular weight excluding hydrogens is 406 g/mol. The van der Waals surface area contributed by atoms with Crippen LogP contribution < -0.4 is 4.74 Å². The Hall–Kier alpha value is -2.38. The first-order chi connectivity index (χ1) is 15.5. The molecule has 1 aromatic rings. The van der Waals surface area contributed by atoms with E-state index in [4.69, 9.17) is 9.47 Å². The van der Waals surface area contributed by atoms with Crippen molar-refractivity contribution in [1.29, 1.82) is 0 Å². The zero-order valence-corrected chi connectivity index (χ0v) is 19.5. The largest absolute Gasteiger partial charge is 0.497 e. The van der Waals surface area contributed by atoms with Crippen molar-refractivity contribution in [3.05, 3.63) is 35.5 Å². The molecule has 4 rings (SSSR count). The van der Waals surface area contributed by atoms with Crippen molar-refractivity contribution in [2.24, 2.45) is 11.8 Å². The van der Waals surface area contributed by atoms with Crippen LogP contribution in [0.5, 0.6) is 5.75 Å². The molecular formula is C25H35N3O4. The van der Waals surface area contributed by atoms with Gasteiger partial charge in [0.05, 0.1) is 25.9 Å². The van der Waals surface area contributed by atoms with E-state index in [1.54, 1.807) is 7.11 Å². The predicted octanol–water partition coefficient (Wildman–Crippen LogP) is 2.48. The van der Waals surface area contributed by atoms with Crippen LogP contribution in [0.3, 0.4) is 0 Å². The number of hydrogen-bond acceptors (Lipinski definition) is 6. The molecule has 0 saturated carbocycles. The monoisotopic (exact) mass is 441 g/mol. The van der Waals surface area contributed by atoms with Gasteiger partial charge < -0.3 is 14.4 Å². The zero-order valence-electron chi connectivity index (χ0n) is 19.5. The van der Waals surface area contributed by atoms with Crippen molar-refractivity contribution in [3.63, 3.8) is 0 Å². The second-order valence-electron chi connectivity index (χ2n) is 9.37. The maximum Gasteiger partial charge on any atom is 0.277 e. The molecule has 2 saturated heterocycles. The topological polar surface area (TPSA) is 62.3 Å². The third-order valence-electron chi connectivity index (χ3n) is 6.67. The highest BCUT2D eigenvalue weighted by Gasteiger charge is 2.42. The van der Waals surface area contributed by atoms with Crippen molar-refractivity contribution in [1.82, 2.24) is 14.7 Å². The summed E-state index contributed by atoms with van der Waals surface area (Å²) in [5.41, 5.74) is 1.89. The van der Waals surface area contributed by atoms with Crippen molar-refractivity contribution in [2.75, 3.05) is 59.6 Å². The van der Waals surface area contributed by atoms with Gasteiger partial charge in [0.2, 0.25) is 0 Å². The third kappa shape index (κ3) is 4.84. The highest BCUT2D eigenvalue weighted by Crippen LogP contribution is 2.35. The Morgan fingerprint density at radius 2 is 1.62 bits per heavy atom. The Bertz CT molecular complexity index is 850. The van der Waals surface area contributed by atoms with Gasteiger partial charge in [-0.1, -0.05) is 26.0 Å². The summed E-state index contributed by atoms with van der Waals surface area (Å²) in [4.78, 5) is 33.0. The summed E-state index contributed by atoms with van der Waals surface area (Å²) >= 11 is 0. The van der Waals surface area contributed by atoms with Crippen molar-refractivity contribution in [3.8, 4) is 5.75 Å². The maximum atomic E-state index is 13.6. The lowest BCUT2D eigenvalue weighted by Crippen LogP contribution is -2.42. The van der Waals surface area contributed by atoms with E-state index in [2.05, 4.69) is 23.6 Å². The molecule has 1 aromatic carbocycles. The normalized spacial score (nSPS) is 25.1. The number of morpholine rings is 1. The minimum Gasteiger partial charge on any atom is -0.497 e. The molecule has 174 valence electrons. The quantitative estimate of drug-likeness (QED) is 0.606. The minimum atomic E-state index is -0.178. The fourth-order valence-electron chi connectivity index (χ4n) is 5.20. The van der Waals surface area contributed by atoms with Crippen molar-refractivity contribution >= 4 is 17.4 Å². The molecule has 0 bridgehead atoms. The van der Waals surface area contributed by atoms with Crippen LogP contribution >= 0.6 is 0 Å². The number of benzene rings is 1. The van der Waals surface area contributed by atoms with Crippen LogP contribution in [-0.4, -0.2) is 86.1 Å². The molecule has 0 aromatic heterocycles. The molecule has 0 aliphatic carbocycles. The minimum absolute atomic E-state index is 0.149. The predicted molar refractivity (Wildman–Crippen MR) is 123 cm³/mol. The summed E-state index contributed by atoms with van der Waals surface area (Å²) < 4.78 is 10.7. The number of rotatable bonds is 7. The summed E-state index contributed by atoms with van der Waals surface area (Å²) in [7, 11) is 1.62. The second kappa shape index (κ2) is 10.0.